The van der Waals surface area contributed by atoms with Gasteiger partial charge in [0.15, 0.2) is 0 Å². The zero-order chi connectivity index (χ0) is 19.2. The molecule has 0 aromatic carbocycles. The number of carbonyl (C=O) groups is 2. The molecule has 1 aromatic heterocycles. The van der Waals surface area contributed by atoms with Gasteiger partial charge in [-0.15, -0.1) is 0 Å². The molecule has 2 rings (SSSR count). The molecule has 1 aliphatic heterocycles. The van der Waals surface area contributed by atoms with Gasteiger partial charge in [-0.05, 0) is 6.92 Å². The molecule has 11 heteroatoms. The first-order chi connectivity index (χ1) is 11.0. The summed E-state index contributed by atoms with van der Waals surface area (Å²) in [6.45, 7) is 1.62. The lowest BCUT2D eigenvalue weighted by Crippen LogP contribution is -2.53. The molecule has 1 fully saturated rings. The molecule has 0 radical (unpaired) electrons. The van der Waals surface area contributed by atoms with Gasteiger partial charge < -0.3 is 0 Å². The van der Waals surface area contributed by atoms with E-state index in [1.165, 1.54) is 41.3 Å². The fraction of sp³-hybridized carbons (Fsp3) is 0.538. The monoisotopic (exact) mass is 341 g/mol. The summed E-state index contributed by atoms with van der Waals surface area (Å²) < 4.78 is 2.63. The van der Waals surface area contributed by atoms with E-state index in [0.717, 1.165) is 18.6 Å². The third-order valence-electron chi connectivity index (χ3n) is 3.21. The number of likely N-dealkylation sites (tertiary alicyclic amines) is 1. The van der Waals surface area contributed by atoms with Crippen LogP contribution >= 0.6 is 0 Å². The maximum Gasteiger partial charge on any atom is 0.335 e. The number of hydrogen-bond donors (Lipinski definition) is 0. The quantitative estimate of drug-likeness (QED) is 0.219. The van der Waals surface area contributed by atoms with Crippen LogP contribution < -0.4 is 17.1 Å². The Morgan fingerprint density at radius 3 is 1.17 bits per heavy atom. The lowest BCUT2D eigenvalue weighted by atomic mass is 10.0. The molecule has 0 bridgehead atoms. The summed E-state index contributed by atoms with van der Waals surface area (Å²) in [5.41, 5.74) is -1.82. The summed E-state index contributed by atoms with van der Waals surface area (Å²) in [7, 11) is 6.84. The van der Waals surface area contributed by atoms with E-state index < -0.39 is 17.1 Å². The van der Waals surface area contributed by atoms with Crippen molar-refractivity contribution in [2.45, 2.75) is 6.92 Å². The Morgan fingerprint density at radius 1 is 0.792 bits per heavy atom. The van der Waals surface area contributed by atoms with Gasteiger partial charge in [-0.1, -0.05) is 0 Å². The van der Waals surface area contributed by atoms with Crippen molar-refractivity contribution >= 4 is 17.9 Å². The van der Waals surface area contributed by atoms with E-state index in [9.17, 15) is 24.0 Å². The zero-order valence-electron chi connectivity index (χ0n) is 14.3. The van der Waals surface area contributed by atoms with Crippen molar-refractivity contribution in [3.63, 3.8) is 0 Å². The third kappa shape index (κ3) is 4.23. The Morgan fingerprint density at radius 2 is 1.04 bits per heavy atom. The number of aromatic nitrogens is 3. The number of nitrogens with zero attached hydrogens (tertiary/aromatic N) is 5. The summed E-state index contributed by atoms with van der Waals surface area (Å²) in [5.74, 6) is -0.523. The molecule has 24 heavy (non-hydrogen) atoms. The highest BCUT2D eigenvalue weighted by atomic mass is 16.2. The van der Waals surface area contributed by atoms with Gasteiger partial charge in [0, 0.05) is 35.2 Å². The number of rotatable bonds is 0. The summed E-state index contributed by atoms with van der Waals surface area (Å²) in [4.78, 5) is 67.1. The fourth-order valence-electron chi connectivity index (χ4n) is 1.65. The minimum atomic E-state index is -0.608. The average Bonchev–Trinajstić information content (AvgIpc) is 2.62. The molecule has 2 heterocycles. The van der Waals surface area contributed by atoms with E-state index in [0.29, 0.717) is 0 Å². The average molecular weight is 341 g/mol. The first kappa shape index (κ1) is 20.9. The maximum atomic E-state index is 11.1. The van der Waals surface area contributed by atoms with E-state index in [1.54, 1.807) is 6.92 Å². The molecular formula is C13H19N5O6. The molecule has 1 aromatic rings. The molecule has 132 valence electrons. The smallest absolute Gasteiger partial charge is 0.284 e. The Balaban J connectivity index is 0.000000379. The van der Waals surface area contributed by atoms with E-state index in [2.05, 4.69) is 4.99 Å². The van der Waals surface area contributed by atoms with Crippen molar-refractivity contribution in [1.29, 1.82) is 0 Å². The second-order valence-electron chi connectivity index (χ2n) is 4.80. The van der Waals surface area contributed by atoms with Gasteiger partial charge in [0.05, 0.1) is 0 Å². The molecule has 0 unspecified atom stereocenters. The van der Waals surface area contributed by atoms with E-state index in [-0.39, 0.29) is 17.7 Å². The van der Waals surface area contributed by atoms with Crippen molar-refractivity contribution in [3.05, 3.63) is 31.5 Å². The van der Waals surface area contributed by atoms with Crippen molar-refractivity contribution in [3.8, 4) is 0 Å². The van der Waals surface area contributed by atoms with Crippen LogP contribution in [0.1, 0.15) is 6.92 Å². The highest BCUT2D eigenvalue weighted by Gasteiger charge is 2.39. The first-order valence-electron chi connectivity index (χ1n) is 6.63. The number of imide groups is 1. The van der Waals surface area contributed by atoms with E-state index in [4.69, 9.17) is 4.79 Å². The second-order valence-corrected chi connectivity index (χ2v) is 4.80. The lowest BCUT2D eigenvalue weighted by molar-refractivity contribution is -0.162. The summed E-state index contributed by atoms with van der Waals surface area (Å²) in [6, 6.07) is 0. The Hall–Kier alpha value is -3.07. The van der Waals surface area contributed by atoms with Gasteiger partial charge in [-0.2, -0.15) is 0 Å². The van der Waals surface area contributed by atoms with Crippen molar-refractivity contribution in [1.82, 2.24) is 18.6 Å². The maximum absolute atomic E-state index is 11.1. The Labute approximate surface area is 136 Å². The predicted molar refractivity (Wildman–Crippen MR) is 83.2 cm³/mol. The number of β-lactam (4-membered cyclic amide) rings is 2. The number of carbonyl (C=O) groups excluding carboxylic acids is 3. The van der Waals surface area contributed by atoms with Gasteiger partial charge in [0.2, 0.25) is 17.9 Å². The van der Waals surface area contributed by atoms with Crippen molar-refractivity contribution < 1.29 is 14.4 Å². The number of aliphatic imine (C=N–C) groups is 1. The van der Waals surface area contributed by atoms with Crippen molar-refractivity contribution in [2.75, 3.05) is 14.1 Å². The number of hydrogen-bond acceptors (Lipinski definition) is 7. The molecule has 0 aliphatic carbocycles. The standard InChI is InChI=1S/C6H9N3O3.C5H7NO2.C2H3NO/c1-7-4(10)8(2)6(12)9(3)5(7)11;1-3-4(7)6(2)5(3)8;1-3-2-4/h1-3H3;3H,1-2H3;1H3. The fourth-order valence-corrected chi connectivity index (χ4v) is 1.65. The van der Waals surface area contributed by atoms with Crippen LogP contribution in [0.4, 0.5) is 0 Å². The SMILES string of the molecule is CC1C(=O)N(C)C1=O.CN=C=O.Cn1c(=O)n(C)c(=O)n(C)c1=O. The van der Waals surface area contributed by atoms with Crippen LogP contribution in [0.25, 0.3) is 0 Å². The van der Waals surface area contributed by atoms with Crippen LogP contribution in [0.5, 0.6) is 0 Å². The Bertz CT molecular complexity index is 723. The van der Waals surface area contributed by atoms with E-state index in [1.807, 2.05) is 0 Å². The van der Waals surface area contributed by atoms with Gasteiger partial charge in [0.1, 0.15) is 5.92 Å². The summed E-state index contributed by atoms with van der Waals surface area (Å²) in [5, 5.41) is 0. The normalized spacial score (nSPS) is 13.0. The molecule has 0 spiro atoms. The van der Waals surface area contributed by atoms with Crippen LogP contribution in [-0.2, 0) is 35.5 Å². The molecule has 1 saturated heterocycles. The molecule has 0 N–H and O–H groups in total. The topological polar surface area (TPSA) is 133 Å². The van der Waals surface area contributed by atoms with Crippen molar-refractivity contribution in [2.24, 2.45) is 32.1 Å². The van der Waals surface area contributed by atoms with E-state index >= 15 is 0 Å². The summed E-state index contributed by atoms with van der Waals surface area (Å²) >= 11 is 0. The minimum Gasteiger partial charge on any atom is -0.284 e. The number of amides is 2. The number of isocyanates is 1. The molecule has 2 amide bonds. The van der Waals surface area contributed by atoms with Crippen LogP contribution in [0.2, 0.25) is 0 Å². The second kappa shape index (κ2) is 8.53. The van der Waals surface area contributed by atoms with Crippen LogP contribution in [0.15, 0.2) is 19.4 Å². The van der Waals surface area contributed by atoms with Gasteiger partial charge in [-0.25, -0.2) is 37.9 Å². The third-order valence-corrected chi connectivity index (χ3v) is 3.21. The van der Waals surface area contributed by atoms with Gasteiger partial charge in [0.25, 0.3) is 0 Å². The lowest BCUT2D eigenvalue weighted by Gasteiger charge is -2.29. The van der Waals surface area contributed by atoms with Crippen LogP contribution in [0.3, 0.4) is 0 Å². The largest absolute Gasteiger partial charge is 0.335 e. The molecular weight excluding hydrogens is 322 g/mol. The molecule has 1 aliphatic rings. The van der Waals surface area contributed by atoms with Gasteiger partial charge >= 0.3 is 17.1 Å². The van der Waals surface area contributed by atoms with Crippen LogP contribution in [0, 0.1) is 5.92 Å². The summed E-state index contributed by atoms with van der Waals surface area (Å²) in [6.07, 6.45) is 1.31. The predicted octanol–water partition coefficient (Wildman–Crippen LogP) is -2.64. The van der Waals surface area contributed by atoms with Crippen LogP contribution in [-0.4, -0.2) is 50.6 Å². The Kier molecular flexibility index (Phi) is 7.44. The highest BCUT2D eigenvalue weighted by molar-refractivity contribution is 6.16. The first-order valence-corrected chi connectivity index (χ1v) is 6.63. The zero-order valence-corrected chi connectivity index (χ0v) is 14.3. The molecule has 0 atom stereocenters. The minimum absolute atomic E-state index is 0.0741. The molecule has 11 nitrogen and oxygen atoms in total. The molecule has 0 saturated carbocycles. The van der Waals surface area contributed by atoms with Gasteiger partial charge in [-0.3, -0.25) is 14.5 Å². The highest BCUT2D eigenvalue weighted by Crippen LogP contribution is 2.15.